The van der Waals surface area contributed by atoms with E-state index in [0.717, 1.165) is 18.7 Å². The third kappa shape index (κ3) is 3.25. The Morgan fingerprint density at radius 2 is 1.83 bits per heavy atom. The van der Waals surface area contributed by atoms with Gasteiger partial charge in [-0.25, -0.2) is 0 Å². The molecule has 0 radical (unpaired) electrons. The number of piperazine rings is 1. The van der Waals surface area contributed by atoms with Crippen molar-refractivity contribution in [1.29, 1.82) is 0 Å². The first-order valence-electron chi connectivity index (χ1n) is 8.41. The van der Waals surface area contributed by atoms with E-state index in [2.05, 4.69) is 19.2 Å². The largest absolute Gasteiger partial charge is 0.381 e. The van der Waals surface area contributed by atoms with Gasteiger partial charge in [-0.1, -0.05) is 29.8 Å². The fourth-order valence-electron chi connectivity index (χ4n) is 3.96. The van der Waals surface area contributed by atoms with E-state index in [1.165, 1.54) is 0 Å². The summed E-state index contributed by atoms with van der Waals surface area (Å²) in [4.78, 5) is 15.5. The summed E-state index contributed by atoms with van der Waals surface area (Å²) in [6.07, 6.45) is 1.39. The van der Waals surface area contributed by atoms with E-state index < -0.39 is 5.41 Å². The van der Waals surface area contributed by atoms with Crippen molar-refractivity contribution in [3.8, 4) is 0 Å². The number of hydrogen-bond donors (Lipinski definition) is 1. The molecule has 1 aromatic carbocycles. The fraction of sp³-hybridized carbons (Fsp3) is 0.611. The molecule has 2 aliphatic heterocycles. The van der Waals surface area contributed by atoms with Crippen LogP contribution in [0, 0.1) is 0 Å². The minimum atomic E-state index is -0.548. The van der Waals surface area contributed by atoms with E-state index in [9.17, 15) is 4.79 Å². The van der Waals surface area contributed by atoms with Crippen molar-refractivity contribution in [3.63, 3.8) is 0 Å². The number of nitrogens with zero attached hydrogens (tertiary/aromatic N) is 1. The first-order valence-corrected chi connectivity index (χ1v) is 8.79. The maximum Gasteiger partial charge on any atom is 0.233 e. The Bertz CT molecular complexity index is 562. The second-order valence-corrected chi connectivity index (χ2v) is 7.26. The van der Waals surface area contributed by atoms with Crippen molar-refractivity contribution in [2.75, 3.05) is 26.3 Å². The van der Waals surface area contributed by atoms with Gasteiger partial charge in [0.1, 0.15) is 0 Å². The third-order valence-corrected chi connectivity index (χ3v) is 5.32. The SMILES string of the molecule is C[C@@H]1CN(C(=O)C2(c3ccccc3Cl)CCOCC2)C[C@H](C)N1. The molecule has 0 aromatic heterocycles. The Balaban J connectivity index is 1.96. The Morgan fingerprint density at radius 1 is 1.22 bits per heavy atom. The van der Waals surface area contributed by atoms with Crippen LogP contribution in [0.15, 0.2) is 24.3 Å². The predicted molar refractivity (Wildman–Crippen MR) is 91.8 cm³/mol. The van der Waals surface area contributed by atoms with Crippen LogP contribution in [0.25, 0.3) is 0 Å². The van der Waals surface area contributed by atoms with Gasteiger partial charge < -0.3 is 15.0 Å². The summed E-state index contributed by atoms with van der Waals surface area (Å²) < 4.78 is 5.54. The van der Waals surface area contributed by atoms with Crippen LogP contribution >= 0.6 is 11.6 Å². The molecule has 0 saturated carbocycles. The lowest BCUT2D eigenvalue weighted by Gasteiger charge is -2.44. The van der Waals surface area contributed by atoms with Gasteiger partial charge in [0.2, 0.25) is 5.91 Å². The average Bonchev–Trinajstić information content (AvgIpc) is 2.54. The molecule has 3 rings (SSSR count). The van der Waals surface area contributed by atoms with Crippen molar-refractivity contribution >= 4 is 17.5 Å². The predicted octanol–water partition coefficient (Wildman–Crippen LogP) is 2.60. The number of nitrogens with one attached hydrogen (secondary N) is 1. The van der Waals surface area contributed by atoms with Crippen molar-refractivity contribution in [2.24, 2.45) is 0 Å². The number of halogens is 1. The van der Waals surface area contributed by atoms with Gasteiger partial charge in [0.05, 0.1) is 5.41 Å². The summed E-state index contributed by atoms with van der Waals surface area (Å²) in [5.41, 5.74) is 0.404. The van der Waals surface area contributed by atoms with Crippen LogP contribution in [-0.4, -0.2) is 49.2 Å². The Hall–Kier alpha value is -1.10. The van der Waals surface area contributed by atoms with Crippen LogP contribution in [0.4, 0.5) is 0 Å². The number of hydrogen-bond acceptors (Lipinski definition) is 3. The summed E-state index contributed by atoms with van der Waals surface area (Å²) in [6, 6.07) is 8.38. The number of carbonyl (C=O) groups is 1. The zero-order chi connectivity index (χ0) is 16.4. The molecule has 1 aromatic rings. The van der Waals surface area contributed by atoms with E-state index >= 15 is 0 Å². The van der Waals surface area contributed by atoms with Gasteiger partial charge in [0.25, 0.3) is 0 Å². The van der Waals surface area contributed by atoms with E-state index in [1.54, 1.807) is 0 Å². The quantitative estimate of drug-likeness (QED) is 0.902. The highest BCUT2D eigenvalue weighted by Gasteiger charge is 2.46. The second-order valence-electron chi connectivity index (χ2n) is 6.85. The number of amides is 1. The lowest BCUT2D eigenvalue weighted by atomic mass is 9.72. The minimum Gasteiger partial charge on any atom is -0.381 e. The molecule has 2 atom stereocenters. The van der Waals surface area contributed by atoms with Crippen molar-refractivity contribution < 1.29 is 9.53 Å². The highest BCUT2D eigenvalue weighted by molar-refractivity contribution is 6.31. The molecule has 2 aliphatic rings. The van der Waals surface area contributed by atoms with Gasteiger partial charge in [0, 0.05) is 43.4 Å². The molecule has 23 heavy (non-hydrogen) atoms. The lowest BCUT2D eigenvalue weighted by molar-refractivity contribution is -0.143. The monoisotopic (exact) mass is 336 g/mol. The van der Waals surface area contributed by atoms with Crippen LogP contribution < -0.4 is 5.32 Å². The van der Waals surface area contributed by atoms with Crippen LogP contribution in [-0.2, 0) is 14.9 Å². The molecule has 2 fully saturated rings. The van der Waals surface area contributed by atoms with Crippen molar-refractivity contribution in [3.05, 3.63) is 34.9 Å². The molecule has 4 nitrogen and oxygen atoms in total. The van der Waals surface area contributed by atoms with Gasteiger partial charge in [0.15, 0.2) is 0 Å². The Labute approximate surface area is 143 Å². The zero-order valence-corrected chi connectivity index (χ0v) is 14.6. The van der Waals surface area contributed by atoms with E-state index in [0.29, 0.717) is 43.2 Å². The average molecular weight is 337 g/mol. The minimum absolute atomic E-state index is 0.203. The zero-order valence-electron chi connectivity index (χ0n) is 13.8. The molecule has 1 N–H and O–H groups in total. The van der Waals surface area contributed by atoms with Crippen LogP contribution in [0.3, 0.4) is 0 Å². The Kier molecular flexibility index (Phi) is 4.95. The summed E-state index contributed by atoms with van der Waals surface area (Å²) in [6.45, 7) is 6.96. The van der Waals surface area contributed by atoms with E-state index in [4.69, 9.17) is 16.3 Å². The van der Waals surface area contributed by atoms with Gasteiger partial charge in [-0.15, -0.1) is 0 Å². The number of ether oxygens (including phenoxy) is 1. The topological polar surface area (TPSA) is 41.6 Å². The smallest absolute Gasteiger partial charge is 0.233 e. The van der Waals surface area contributed by atoms with Crippen LogP contribution in [0.1, 0.15) is 32.3 Å². The summed E-state index contributed by atoms with van der Waals surface area (Å²) >= 11 is 6.46. The van der Waals surface area contributed by atoms with Gasteiger partial charge in [-0.3, -0.25) is 4.79 Å². The first kappa shape index (κ1) is 16.7. The molecule has 0 spiro atoms. The Morgan fingerprint density at radius 3 is 2.43 bits per heavy atom. The normalized spacial score (nSPS) is 27.7. The standard InChI is InChI=1S/C18H25ClN2O2/c1-13-11-21(12-14(2)20-13)17(22)18(7-9-23-10-8-18)15-5-3-4-6-16(15)19/h3-6,13-14,20H,7-12H2,1-2H3/t13-,14+. The lowest BCUT2D eigenvalue weighted by Crippen LogP contribution is -2.60. The van der Waals surface area contributed by atoms with Crippen molar-refractivity contribution in [1.82, 2.24) is 10.2 Å². The van der Waals surface area contributed by atoms with Gasteiger partial charge >= 0.3 is 0 Å². The first-order chi connectivity index (χ1) is 11.0. The summed E-state index contributed by atoms with van der Waals surface area (Å²) in [7, 11) is 0. The molecule has 0 unspecified atom stereocenters. The highest BCUT2D eigenvalue weighted by Crippen LogP contribution is 2.40. The summed E-state index contributed by atoms with van der Waals surface area (Å²) in [5, 5.41) is 4.17. The molecular formula is C18H25ClN2O2. The van der Waals surface area contributed by atoms with Gasteiger partial charge in [-0.2, -0.15) is 0 Å². The van der Waals surface area contributed by atoms with E-state index in [1.807, 2.05) is 29.2 Å². The molecule has 5 heteroatoms. The molecule has 0 aliphatic carbocycles. The molecular weight excluding hydrogens is 312 g/mol. The van der Waals surface area contributed by atoms with Crippen LogP contribution in [0.5, 0.6) is 0 Å². The van der Waals surface area contributed by atoms with Gasteiger partial charge in [-0.05, 0) is 38.3 Å². The number of rotatable bonds is 2. The summed E-state index contributed by atoms with van der Waals surface area (Å²) in [5.74, 6) is 0.203. The van der Waals surface area contributed by atoms with Crippen molar-refractivity contribution in [2.45, 2.75) is 44.2 Å². The molecule has 2 heterocycles. The second kappa shape index (κ2) is 6.80. The van der Waals surface area contributed by atoms with Crippen LogP contribution in [0.2, 0.25) is 5.02 Å². The third-order valence-electron chi connectivity index (χ3n) is 4.99. The fourth-order valence-corrected chi connectivity index (χ4v) is 4.28. The maximum absolute atomic E-state index is 13.5. The highest BCUT2D eigenvalue weighted by atomic mass is 35.5. The molecule has 2 saturated heterocycles. The molecule has 126 valence electrons. The molecule has 0 bridgehead atoms. The molecule has 1 amide bonds. The maximum atomic E-state index is 13.5. The number of benzene rings is 1. The number of carbonyl (C=O) groups excluding carboxylic acids is 1. The van der Waals surface area contributed by atoms with E-state index in [-0.39, 0.29) is 5.91 Å².